The topological polar surface area (TPSA) is 77.9 Å². The SMILES string of the molecule is CCCn1c2nc(-c3ccoc3)nc-2c2n(c1=O)C[C@@H](Cc1ccccc1)N2. The lowest BCUT2D eigenvalue weighted by Crippen LogP contribution is -2.32. The van der Waals surface area contributed by atoms with Gasteiger partial charge in [-0.1, -0.05) is 37.3 Å². The molecule has 0 radical (unpaired) electrons. The number of benzene rings is 1. The van der Waals surface area contributed by atoms with E-state index in [0.29, 0.717) is 24.7 Å². The molecule has 0 fully saturated rings. The Morgan fingerprint density at radius 3 is 2.82 bits per heavy atom. The third kappa shape index (κ3) is 2.70. The van der Waals surface area contributed by atoms with Crippen molar-refractivity contribution in [1.29, 1.82) is 0 Å². The Morgan fingerprint density at radius 2 is 2.07 bits per heavy atom. The van der Waals surface area contributed by atoms with Crippen LogP contribution in [0.15, 0.2) is 58.1 Å². The molecular formula is C21H21N5O2. The Balaban J connectivity index is 1.59. The van der Waals surface area contributed by atoms with E-state index in [1.165, 1.54) is 5.56 Å². The van der Waals surface area contributed by atoms with Crippen molar-refractivity contribution >= 4 is 5.82 Å². The molecule has 0 unspecified atom stereocenters. The number of fused-ring (bicyclic) bond motifs is 3. The van der Waals surface area contributed by atoms with Crippen LogP contribution >= 0.6 is 0 Å². The Hall–Kier alpha value is -3.35. The number of rotatable bonds is 5. The van der Waals surface area contributed by atoms with Gasteiger partial charge in [0.2, 0.25) is 0 Å². The minimum Gasteiger partial charge on any atom is -0.472 e. The summed E-state index contributed by atoms with van der Waals surface area (Å²) in [6.45, 7) is 3.29. The van der Waals surface area contributed by atoms with Crippen molar-refractivity contribution < 1.29 is 4.42 Å². The van der Waals surface area contributed by atoms with Gasteiger partial charge in [-0.3, -0.25) is 9.13 Å². The van der Waals surface area contributed by atoms with E-state index >= 15 is 0 Å². The number of anilines is 1. The zero-order valence-electron chi connectivity index (χ0n) is 15.6. The first kappa shape index (κ1) is 16.8. The van der Waals surface area contributed by atoms with Crippen LogP contribution in [0.3, 0.4) is 0 Å². The van der Waals surface area contributed by atoms with Crippen LogP contribution in [0.1, 0.15) is 18.9 Å². The molecule has 0 amide bonds. The molecule has 0 aliphatic carbocycles. The van der Waals surface area contributed by atoms with Gasteiger partial charge in [0.15, 0.2) is 11.6 Å². The third-order valence-corrected chi connectivity index (χ3v) is 5.15. The fraction of sp³-hybridized carbons (Fsp3) is 0.286. The molecule has 3 aliphatic rings. The summed E-state index contributed by atoms with van der Waals surface area (Å²) >= 11 is 0. The van der Waals surface area contributed by atoms with Crippen LogP contribution in [-0.2, 0) is 19.5 Å². The lowest BCUT2D eigenvalue weighted by atomic mass is 10.1. The highest BCUT2D eigenvalue weighted by molar-refractivity contribution is 5.73. The summed E-state index contributed by atoms with van der Waals surface area (Å²) in [5.41, 5.74) is 2.75. The summed E-state index contributed by atoms with van der Waals surface area (Å²) in [6.07, 6.45) is 4.92. The normalized spacial score (nSPS) is 15.7. The summed E-state index contributed by atoms with van der Waals surface area (Å²) in [6, 6.07) is 12.3. The fourth-order valence-corrected chi connectivity index (χ4v) is 3.88. The van der Waals surface area contributed by atoms with Gasteiger partial charge >= 0.3 is 5.69 Å². The van der Waals surface area contributed by atoms with E-state index in [9.17, 15) is 4.79 Å². The van der Waals surface area contributed by atoms with Crippen LogP contribution in [0.25, 0.3) is 22.9 Å². The molecule has 7 nitrogen and oxygen atoms in total. The van der Waals surface area contributed by atoms with Gasteiger partial charge in [0.05, 0.1) is 11.8 Å². The highest BCUT2D eigenvalue weighted by atomic mass is 16.3. The maximum Gasteiger partial charge on any atom is 0.331 e. The molecule has 28 heavy (non-hydrogen) atoms. The molecule has 4 heterocycles. The van der Waals surface area contributed by atoms with Crippen molar-refractivity contribution in [2.75, 3.05) is 5.32 Å². The predicted molar refractivity (Wildman–Crippen MR) is 106 cm³/mol. The van der Waals surface area contributed by atoms with E-state index in [1.807, 2.05) is 24.3 Å². The highest BCUT2D eigenvalue weighted by Gasteiger charge is 2.31. The molecule has 0 bridgehead atoms. The molecule has 142 valence electrons. The molecule has 3 aliphatic heterocycles. The molecule has 1 atom stereocenters. The van der Waals surface area contributed by atoms with Crippen molar-refractivity contribution in [1.82, 2.24) is 19.1 Å². The molecule has 0 saturated carbocycles. The van der Waals surface area contributed by atoms with Gasteiger partial charge in [-0.05, 0) is 24.5 Å². The van der Waals surface area contributed by atoms with E-state index in [4.69, 9.17) is 9.40 Å². The summed E-state index contributed by atoms with van der Waals surface area (Å²) in [4.78, 5) is 22.6. The van der Waals surface area contributed by atoms with Gasteiger partial charge in [0.25, 0.3) is 0 Å². The van der Waals surface area contributed by atoms with Gasteiger partial charge < -0.3 is 9.73 Å². The molecular weight excluding hydrogens is 354 g/mol. The second kappa shape index (κ2) is 6.67. The van der Waals surface area contributed by atoms with Gasteiger partial charge in [-0.15, -0.1) is 0 Å². The van der Waals surface area contributed by atoms with Gasteiger partial charge in [-0.2, -0.15) is 0 Å². The van der Waals surface area contributed by atoms with E-state index in [1.54, 1.807) is 21.7 Å². The average Bonchev–Trinajstić information content (AvgIpc) is 3.44. The Kier molecular flexibility index (Phi) is 4.00. The van der Waals surface area contributed by atoms with Crippen molar-refractivity contribution in [3.8, 4) is 22.9 Å². The maximum absolute atomic E-state index is 13.2. The maximum atomic E-state index is 13.2. The van der Waals surface area contributed by atoms with Crippen molar-refractivity contribution in [3.63, 3.8) is 0 Å². The number of furan rings is 1. The van der Waals surface area contributed by atoms with Crippen LogP contribution in [0.4, 0.5) is 5.82 Å². The Bertz CT molecular complexity index is 1130. The number of hydrogen-bond acceptors (Lipinski definition) is 5. The quantitative estimate of drug-likeness (QED) is 0.579. The summed E-state index contributed by atoms with van der Waals surface area (Å²) in [5, 5.41) is 3.52. The minimum atomic E-state index is -0.0361. The first-order valence-corrected chi connectivity index (χ1v) is 9.58. The molecule has 1 N–H and O–H groups in total. The zero-order valence-corrected chi connectivity index (χ0v) is 15.6. The third-order valence-electron chi connectivity index (χ3n) is 5.15. The van der Waals surface area contributed by atoms with Crippen LogP contribution in [0.5, 0.6) is 0 Å². The van der Waals surface area contributed by atoms with E-state index < -0.39 is 0 Å². The second-order valence-electron chi connectivity index (χ2n) is 7.16. The van der Waals surface area contributed by atoms with E-state index in [-0.39, 0.29) is 11.7 Å². The Morgan fingerprint density at radius 1 is 1.21 bits per heavy atom. The monoisotopic (exact) mass is 375 g/mol. The first-order chi connectivity index (χ1) is 13.7. The number of nitrogens with zero attached hydrogens (tertiary/aromatic N) is 4. The summed E-state index contributed by atoms with van der Waals surface area (Å²) in [7, 11) is 0. The predicted octanol–water partition coefficient (Wildman–Crippen LogP) is 3.25. The molecule has 7 heteroatoms. The van der Waals surface area contributed by atoms with Crippen LogP contribution < -0.4 is 11.0 Å². The lowest BCUT2D eigenvalue weighted by Gasteiger charge is -2.13. The van der Waals surface area contributed by atoms with Crippen molar-refractivity contribution in [2.45, 2.75) is 38.9 Å². The van der Waals surface area contributed by atoms with Gasteiger partial charge in [0, 0.05) is 19.1 Å². The number of hydrogen-bond donors (Lipinski definition) is 1. The largest absolute Gasteiger partial charge is 0.472 e. The van der Waals surface area contributed by atoms with Crippen LogP contribution in [0, 0.1) is 0 Å². The number of nitrogens with one attached hydrogen (secondary N) is 1. The summed E-state index contributed by atoms with van der Waals surface area (Å²) < 4.78 is 8.72. The minimum absolute atomic E-state index is 0.0361. The first-order valence-electron chi connectivity index (χ1n) is 9.58. The summed E-state index contributed by atoms with van der Waals surface area (Å²) in [5.74, 6) is 1.97. The van der Waals surface area contributed by atoms with Gasteiger partial charge in [-0.25, -0.2) is 14.8 Å². The molecule has 2 aromatic rings. The number of aromatic nitrogens is 4. The zero-order chi connectivity index (χ0) is 19.1. The average molecular weight is 375 g/mol. The Labute approximate surface area is 162 Å². The lowest BCUT2D eigenvalue weighted by molar-refractivity contribution is 0.560. The molecule has 1 aromatic carbocycles. The second-order valence-corrected chi connectivity index (χ2v) is 7.16. The van der Waals surface area contributed by atoms with Crippen molar-refractivity contribution in [2.24, 2.45) is 0 Å². The fourth-order valence-electron chi connectivity index (χ4n) is 3.88. The van der Waals surface area contributed by atoms with Gasteiger partial charge in [0.1, 0.15) is 17.8 Å². The molecule has 5 rings (SSSR count). The standard InChI is InChI=1S/C21H21N5O2/c1-2-9-25-20-17(23-18(24-20)15-8-10-28-13-15)19-22-16(12-26(19)21(25)27)11-14-6-4-3-5-7-14/h3-8,10,13,16,22H,2,9,11-12H2,1H3/t16-/m1/s1. The molecule has 0 spiro atoms. The van der Waals surface area contributed by atoms with Crippen LogP contribution in [-0.4, -0.2) is 25.1 Å². The molecule has 1 aromatic heterocycles. The van der Waals surface area contributed by atoms with E-state index in [0.717, 1.165) is 29.9 Å². The highest BCUT2D eigenvalue weighted by Crippen LogP contribution is 2.33. The number of imidazole rings is 1. The van der Waals surface area contributed by atoms with Crippen LogP contribution in [0.2, 0.25) is 0 Å². The molecule has 0 saturated heterocycles. The van der Waals surface area contributed by atoms with E-state index in [2.05, 4.69) is 29.4 Å². The smallest absolute Gasteiger partial charge is 0.331 e. The van der Waals surface area contributed by atoms with Crippen molar-refractivity contribution in [3.05, 3.63) is 65.0 Å².